The maximum Gasteiger partial charge on any atom is 0.328 e. The molecule has 1 atom stereocenters. The van der Waals surface area contributed by atoms with Gasteiger partial charge in [-0.3, -0.25) is 0 Å². The van der Waals surface area contributed by atoms with Crippen molar-refractivity contribution in [2.45, 2.75) is 51.6 Å². The number of nitrogens with one attached hydrogen (secondary N) is 1. The molecule has 3 N–H and O–H groups in total. The number of benzene rings is 1. The van der Waals surface area contributed by atoms with Crippen LogP contribution in [0.1, 0.15) is 61.9 Å². The van der Waals surface area contributed by atoms with Gasteiger partial charge in [-0.15, -0.1) is 0 Å². The molecule has 5 heteroatoms. The summed E-state index contributed by atoms with van der Waals surface area (Å²) >= 11 is 0. The van der Waals surface area contributed by atoms with Crippen molar-refractivity contribution in [3.63, 3.8) is 0 Å². The van der Waals surface area contributed by atoms with Crippen molar-refractivity contribution in [1.82, 2.24) is 4.98 Å². The van der Waals surface area contributed by atoms with E-state index < -0.39 is 11.6 Å². The summed E-state index contributed by atoms with van der Waals surface area (Å²) in [6, 6.07) is 4.11. The predicted molar refractivity (Wildman–Crippen MR) is 102 cm³/mol. The first-order valence-corrected chi connectivity index (χ1v) is 9.26. The normalized spacial score (nSPS) is 20.2. The molecule has 5 nitrogen and oxygen atoms in total. The van der Waals surface area contributed by atoms with Gasteiger partial charge in [0, 0.05) is 30.0 Å². The number of ether oxygens (including phenoxy) is 1. The molecule has 0 saturated carbocycles. The maximum absolute atomic E-state index is 10.9. The minimum atomic E-state index is -0.950. The van der Waals surface area contributed by atoms with Gasteiger partial charge < -0.3 is 19.9 Å². The number of aliphatic hydroxyl groups excluding tert-OH is 1. The van der Waals surface area contributed by atoms with Gasteiger partial charge >= 0.3 is 5.97 Å². The summed E-state index contributed by atoms with van der Waals surface area (Å²) in [7, 11) is 0. The van der Waals surface area contributed by atoms with Crippen molar-refractivity contribution in [3.8, 4) is 0 Å². The van der Waals surface area contributed by atoms with Gasteiger partial charge in [0.05, 0.1) is 12.3 Å². The molecule has 0 radical (unpaired) electrons. The minimum absolute atomic E-state index is 0.0757. The molecule has 0 aliphatic carbocycles. The van der Waals surface area contributed by atoms with E-state index in [2.05, 4.69) is 37.9 Å². The minimum Gasteiger partial charge on any atom is -0.478 e. The number of hydrogen-bond acceptors (Lipinski definition) is 3. The van der Waals surface area contributed by atoms with Gasteiger partial charge in [-0.25, -0.2) is 4.79 Å². The second-order valence-electron chi connectivity index (χ2n) is 7.26. The van der Waals surface area contributed by atoms with Crippen LogP contribution >= 0.6 is 0 Å². The Balaban J connectivity index is 2.25. The van der Waals surface area contributed by atoms with E-state index in [9.17, 15) is 9.90 Å². The molecule has 1 aromatic heterocycles. The SMILES string of the molecule is CCC1(CCO)OCCc2c1[nH]c1c(C(C)C)cc(C=CC(=O)O)cc21. The molecule has 2 aromatic rings. The van der Waals surface area contributed by atoms with Crippen LogP contribution in [-0.4, -0.2) is 34.4 Å². The largest absolute Gasteiger partial charge is 0.478 e. The van der Waals surface area contributed by atoms with Crippen molar-refractivity contribution in [2.75, 3.05) is 13.2 Å². The number of aromatic nitrogens is 1. The summed E-state index contributed by atoms with van der Waals surface area (Å²) in [5.41, 5.74) is 4.97. The number of aliphatic hydroxyl groups is 1. The average molecular weight is 357 g/mol. The zero-order valence-corrected chi connectivity index (χ0v) is 15.6. The number of rotatable bonds is 6. The Kier molecular flexibility index (Phi) is 5.21. The number of aliphatic carboxylic acids is 1. The van der Waals surface area contributed by atoms with Crippen LogP contribution in [0.5, 0.6) is 0 Å². The molecular formula is C21H27NO4. The lowest BCUT2D eigenvalue weighted by Gasteiger charge is -2.36. The van der Waals surface area contributed by atoms with E-state index in [0.717, 1.165) is 40.6 Å². The van der Waals surface area contributed by atoms with Crippen LogP contribution in [0.4, 0.5) is 0 Å². The molecule has 1 unspecified atom stereocenters. The van der Waals surface area contributed by atoms with Gasteiger partial charge in [-0.2, -0.15) is 0 Å². The Morgan fingerprint density at radius 2 is 2.19 bits per heavy atom. The van der Waals surface area contributed by atoms with E-state index in [1.807, 2.05) is 0 Å². The molecule has 3 rings (SSSR count). The Labute approximate surface area is 153 Å². The highest BCUT2D eigenvalue weighted by atomic mass is 16.5. The summed E-state index contributed by atoms with van der Waals surface area (Å²) in [6.07, 6.45) is 4.98. The summed E-state index contributed by atoms with van der Waals surface area (Å²) < 4.78 is 6.14. The number of carboxylic acid groups (broad SMARTS) is 1. The first kappa shape index (κ1) is 18.7. The number of fused-ring (bicyclic) bond motifs is 3. The lowest BCUT2D eigenvalue weighted by Crippen LogP contribution is -2.36. The Hall–Kier alpha value is -2.11. The highest BCUT2D eigenvalue weighted by Crippen LogP contribution is 2.43. The lowest BCUT2D eigenvalue weighted by molar-refractivity contribution is -0.131. The van der Waals surface area contributed by atoms with Gasteiger partial charge in [-0.05, 0) is 53.7 Å². The molecule has 0 bridgehead atoms. The fourth-order valence-electron chi connectivity index (χ4n) is 4.02. The topological polar surface area (TPSA) is 82.5 Å². The number of hydrogen-bond donors (Lipinski definition) is 3. The number of carboxylic acids is 1. The highest BCUT2D eigenvalue weighted by molar-refractivity contribution is 5.92. The van der Waals surface area contributed by atoms with Crippen molar-refractivity contribution >= 4 is 22.9 Å². The number of aromatic amines is 1. The quantitative estimate of drug-likeness (QED) is 0.684. The molecule has 1 aliphatic heterocycles. The molecule has 140 valence electrons. The molecule has 0 amide bonds. The van der Waals surface area contributed by atoms with E-state index in [-0.39, 0.29) is 6.61 Å². The van der Waals surface area contributed by atoms with Crippen LogP contribution in [0.25, 0.3) is 17.0 Å². The van der Waals surface area contributed by atoms with E-state index in [1.54, 1.807) is 6.08 Å². The van der Waals surface area contributed by atoms with Gasteiger partial charge in [0.25, 0.3) is 0 Å². The zero-order chi connectivity index (χ0) is 18.9. The summed E-state index contributed by atoms with van der Waals surface area (Å²) in [4.78, 5) is 14.5. The predicted octanol–water partition coefficient (Wildman–Crippen LogP) is 3.95. The lowest BCUT2D eigenvalue weighted by atomic mass is 9.86. The number of carbonyl (C=O) groups is 1. The van der Waals surface area contributed by atoms with E-state index in [4.69, 9.17) is 9.84 Å². The van der Waals surface area contributed by atoms with Crippen LogP contribution in [0, 0.1) is 0 Å². The van der Waals surface area contributed by atoms with Crippen molar-refractivity contribution in [1.29, 1.82) is 0 Å². The van der Waals surface area contributed by atoms with E-state index in [1.165, 1.54) is 11.6 Å². The second kappa shape index (κ2) is 7.25. The molecule has 26 heavy (non-hydrogen) atoms. The fourth-order valence-corrected chi connectivity index (χ4v) is 4.02. The molecule has 0 spiro atoms. The van der Waals surface area contributed by atoms with E-state index >= 15 is 0 Å². The second-order valence-corrected chi connectivity index (χ2v) is 7.26. The standard InChI is InChI=1S/C21H27NO4/c1-4-21(8-9-23)20-15(7-10-26-21)17-12-14(5-6-18(24)25)11-16(13(2)3)19(17)22-20/h5-6,11-13,22-23H,4,7-10H2,1-3H3,(H,24,25). The molecule has 1 aromatic carbocycles. The summed E-state index contributed by atoms with van der Waals surface area (Å²) in [5, 5.41) is 19.6. The first-order valence-electron chi connectivity index (χ1n) is 9.26. The molecular weight excluding hydrogens is 330 g/mol. The summed E-state index contributed by atoms with van der Waals surface area (Å²) in [6.45, 7) is 7.06. The van der Waals surface area contributed by atoms with Crippen LogP contribution in [-0.2, 0) is 21.6 Å². The average Bonchev–Trinajstić information content (AvgIpc) is 2.99. The first-order chi connectivity index (χ1) is 12.4. The maximum atomic E-state index is 10.9. The smallest absolute Gasteiger partial charge is 0.328 e. The Bertz CT molecular complexity index is 849. The van der Waals surface area contributed by atoms with Gasteiger partial charge in [0.2, 0.25) is 0 Å². The molecule has 0 fully saturated rings. The summed E-state index contributed by atoms with van der Waals surface area (Å²) in [5.74, 6) is -0.654. The Morgan fingerprint density at radius 1 is 1.42 bits per heavy atom. The highest BCUT2D eigenvalue weighted by Gasteiger charge is 2.38. The van der Waals surface area contributed by atoms with Crippen molar-refractivity contribution in [3.05, 3.63) is 40.6 Å². The fraction of sp³-hybridized carbons (Fsp3) is 0.476. The third-order valence-electron chi connectivity index (χ3n) is 5.38. The van der Waals surface area contributed by atoms with Gasteiger partial charge in [0.1, 0.15) is 5.60 Å². The zero-order valence-electron chi connectivity index (χ0n) is 15.6. The van der Waals surface area contributed by atoms with Crippen LogP contribution in [0.2, 0.25) is 0 Å². The molecule has 1 aliphatic rings. The third-order valence-corrected chi connectivity index (χ3v) is 5.38. The van der Waals surface area contributed by atoms with Crippen LogP contribution < -0.4 is 0 Å². The monoisotopic (exact) mass is 357 g/mol. The van der Waals surface area contributed by atoms with Crippen molar-refractivity contribution < 1.29 is 19.7 Å². The number of H-pyrrole nitrogens is 1. The van der Waals surface area contributed by atoms with Crippen LogP contribution in [0.15, 0.2) is 18.2 Å². The third kappa shape index (κ3) is 3.17. The molecule has 2 heterocycles. The van der Waals surface area contributed by atoms with E-state index in [0.29, 0.717) is 18.9 Å². The Morgan fingerprint density at radius 3 is 2.81 bits per heavy atom. The van der Waals surface area contributed by atoms with Gasteiger partial charge in [0.15, 0.2) is 0 Å². The van der Waals surface area contributed by atoms with Crippen molar-refractivity contribution in [2.24, 2.45) is 0 Å². The van der Waals surface area contributed by atoms with Gasteiger partial charge in [-0.1, -0.05) is 20.8 Å². The molecule has 0 saturated heterocycles. The van der Waals surface area contributed by atoms with Crippen LogP contribution in [0.3, 0.4) is 0 Å².